The molecule has 0 aliphatic rings. The number of aromatic nitrogens is 2. The molecule has 2 heterocycles. The zero-order chi connectivity index (χ0) is 33.2. The van der Waals surface area contributed by atoms with Gasteiger partial charge in [0.25, 0.3) is 0 Å². The maximum Gasteiger partial charge on any atom is 0.326 e. The summed E-state index contributed by atoms with van der Waals surface area (Å²) >= 11 is 1.48. The van der Waals surface area contributed by atoms with Gasteiger partial charge in [0.15, 0.2) is 0 Å². The average Bonchev–Trinajstić information content (AvgIpc) is 3.64. The van der Waals surface area contributed by atoms with Gasteiger partial charge in [-0.2, -0.15) is 11.8 Å². The molecule has 0 spiro atoms. The number of H-pyrrole nitrogens is 2. The van der Waals surface area contributed by atoms with Crippen LogP contribution in [0.3, 0.4) is 0 Å². The van der Waals surface area contributed by atoms with Gasteiger partial charge >= 0.3 is 5.97 Å². The fraction of sp³-hybridized carbons (Fsp3) is 0.344. The number of primary amides is 1. The molecular weight excluding hydrogens is 610 g/mol. The Morgan fingerprint density at radius 3 is 1.85 bits per heavy atom. The Kier molecular flexibility index (Phi) is 11.8. The van der Waals surface area contributed by atoms with Gasteiger partial charge < -0.3 is 42.5 Å². The predicted molar refractivity (Wildman–Crippen MR) is 177 cm³/mol. The third kappa shape index (κ3) is 8.88. The third-order valence-electron chi connectivity index (χ3n) is 7.72. The number of nitrogens with two attached hydrogens (primary N) is 2. The van der Waals surface area contributed by atoms with Crippen molar-refractivity contribution < 1.29 is 29.1 Å². The van der Waals surface area contributed by atoms with E-state index in [0.29, 0.717) is 11.3 Å². The SMILES string of the molecule is CSCCC(NC(=O)C(N)Cc1c[nH]c2ccccc12)C(=O)NC(Cc1c[nH]c2ccccc12)C(=O)NC(CCC(N)=O)C(=O)O. The van der Waals surface area contributed by atoms with Gasteiger partial charge in [0.1, 0.15) is 18.1 Å². The number of para-hydroxylation sites is 2. The molecule has 4 unspecified atom stereocenters. The molecule has 4 atom stereocenters. The summed E-state index contributed by atoms with van der Waals surface area (Å²) in [6.07, 6.45) is 5.44. The standard InChI is InChI=1S/C32H39N7O6S/c1-46-13-12-25(37-29(41)22(33)14-18-16-35-23-8-4-2-6-20(18)23)30(42)39-27(15-19-17-36-24-9-5-3-7-21(19)24)31(43)38-26(32(44)45)10-11-28(34)40/h2-9,16-17,22,25-27,35-36H,10-15,33H2,1H3,(H2,34,40)(H,37,41)(H,38,43)(H,39,42)(H,44,45). The molecule has 4 amide bonds. The number of rotatable bonds is 17. The molecule has 2 aromatic carbocycles. The van der Waals surface area contributed by atoms with Gasteiger partial charge in [-0.25, -0.2) is 4.79 Å². The molecule has 0 aliphatic heterocycles. The highest BCUT2D eigenvalue weighted by molar-refractivity contribution is 7.98. The highest BCUT2D eigenvalue weighted by Crippen LogP contribution is 2.20. The second-order valence-electron chi connectivity index (χ2n) is 11.0. The van der Waals surface area contributed by atoms with Crippen molar-refractivity contribution in [2.45, 2.75) is 56.3 Å². The second-order valence-corrected chi connectivity index (χ2v) is 12.0. The van der Waals surface area contributed by atoms with Gasteiger partial charge in [0.2, 0.25) is 23.6 Å². The van der Waals surface area contributed by atoms with E-state index in [1.165, 1.54) is 11.8 Å². The number of benzene rings is 2. The van der Waals surface area contributed by atoms with Crippen LogP contribution in [0.4, 0.5) is 0 Å². The molecule has 0 aliphatic carbocycles. The Bertz CT molecular complexity index is 1700. The van der Waals surface area contributed by atoms with Crippen LogP contribution < -0.4 is 27.4 Å². The van der Waals surface area contributed by atoms with E-state index in [2.05, 4.69) is 25.9 Å². The topological polar surface area (TPSA) is 225 Å². The molecule has 0 fully saturated rings. The van der Waals surface area contributed by atoms with E-state index in [4.69, 9.17) is 11.5 Å². The maximum absolute atomic E-state index is 13.7. The van der Waals surface area contributed by atoms with Crippen LogP contribution in [0.2, 0.25) is 0 Å². The third-order valence-corrected chi connectivity index (χ3v) is 8.37. The van der Waals surface area contributed by atoms with Crippen LogP contribution in [-0.2, 0) is 36.8 Å². The highest BCUT2D eigenvalue weighted by atomic mass is 32.2. The molecular formula is C32H39N7O6S. The van der Waals surface area contributed by atoms with Crippen molar-refractivity contribution >= 4 is 63.2 Å². The summed E-state index contributed by atoms with van der Waals surface area (Å²) in [6, 6.07) is 10.5. The number of carboxylic acids is 1. The number of carbonyl (C=O) groups is 5. The number of aliphatic carboxylic acids is 1. The van der Waals surface area contributed by atoms with Gasteiger partial charge in [-0.15, -0.1) is 0 Å². The van der Waals surface area contributed by atoms with Crippen LogP contribution in [0.1, 0.15) is 30.4 Å². The van der Waals surface area contributed by atoms with E-state index in [9.17, 15) is 29.1 Å². The van der Waals surface area contributed by atoms with Crippen LogP contribution in [0.25, 0.3) is 21.8 Å². The van der Waals surface area contributed by atoms with E-state index in [1.54, 1.807) is 12.4 Å². The number of nitrogens with one attached hydrogen (secondary N) is 5. The lowest BCUT2D eigenvalue weighted by Crippen LogP contribution is -2.58. The highest BCUT2D eigenvalue weighted by Gasteiger charge is 2.31. The van der Waals surface area contributed by atoms with Gasteiger partial charge in [-0.3, -0.25) is 19.2 Å². The summed E-state index contributed by atoms with van der Waals surface area (Å²) in [5.74, 6) is -3.43. The summed E-state index contributed by atoms with van der Waals surface area (Å²) in [5, 5.41) is 19.4. The summed E-state index contributed by atoms with van der Waals surface area (Å²) in [6.45, 7) is 0. The Morgan fingerprint density at radius 1 is 0.761 bits per heavy atom. The Balaban J connectivity index is 1.52. The number of amides is 4. The lowest BCUT2D eigenvalue weighted by atomic mass is 10.0. The first-order valence-corrected chi connectivity index (χ1v) is 16.2. The number of carboxylic acid groups (broad SMARTS) is 1. The van der Waals surface area contributed by atoms with Crippen LogP contribution in [0.5, 0.6) is 0 Å². The minimum atomic E-state index is -1.41. The van der Waals surface area contributed by atoms with Crippen LogP contribution in [0.15, 0.2) is 60.9 Å². The molecule has 46 heavy (non-hydrogen) atoms. The summed E-state index contributed by atoms with van der Waals surface area (Å²) in [4.78, 5) is 69.9. The molecule has 10 N–H and O–H groups in total. The Morgan fingerprint density at radius 2 is 1.28 bits per heavy atom. The van der Waals surface area contributed by atoms with E-state index < -0.39 is 53.8 Å². The largest absolute Gasteiger partial charge is 0.480 e. The smallest absolute Gasteiger partial charge is 0.326 e. The minimum Gasteiger partial charge on any atom is -0.480 e. The predicted octanol–water partition coefficient (Wildman–Crippen LogP) is 1.32. The monoisotopic (exact) mass is 649 g/mol. The summed E-state index contributed by atoms with van der Waals surface area (Å²) < 4.78 is 0. The first-order chi connectivity index (χ1) is 22.1. The lowest BCUT2D eigenvalue weighted by Gasteiger charge is -2.25. The molecule has 0 saturated carbocycles. The van der Waals surface area contributed by atoms with E-state index in [0.717, 1.165) is 27.4 Å². The lowest BCUT2D eigenvalue weighted by molar-refractivity contribution is -0.142. The number of aromatic amines is 2. The minimum absolute atomic E-state index is 0.0209. The van der Waals surface area contributed by atoms with Gasteiger partial charge in [-0.05, 0) is 54.5 Å². The number of fused-ring (bicyclic) bond motifs is 2. The number of thioether (sulfide) groups is 1. The van der Waals surface area contributed by atoms with Crippen molar-refractivity contribution in [3.63, 3.8) is 0 Å². The molecule has 0 radical (unpaired) electrons. The van der Waals surface area contributed by atoms with Crippen molar-refractivity contribution in [2.24, 2.45) is 11.5 Å². The van der Waals surface area contributed by atoms with E-state index in [1.807, 2.05) is 54.8 Å². The molecule has 0 bridgehead atoms. The normalized spacial score (nSPS) is 13.9. The molecule has 13 nitrogen and oxygen atoms in total. The second kappa shape index (κ2) is 16.0. The van der Waals surface area contributed by atoms with Crippen molar-refractivity contribution in [1.82, 2.24) is 25.9 Å². The fourth-order valence-electron chi connectivity index (χ4n) is 5.23. The summed E-state index contributed by atoms with van der Waals surface area (Å²) in [7, 11) is 0. The Labute approximate surface area is 269 Å². The van der Waals surface area contributed by atoms with Gasteiger partial charge in [0, 0.05) is 47.0 Å². The van der Waals surface area contributed by atoms with Crippen LogP contribution in [0, 0.1) is 0 Å². The molecule has 14 heteroatoms. The summed E-state index contributed by atoms with van der Waals surface area (Å²) in [5.41, 5.74) is 14.8. The average molecular weight is 650 g/mol. The van der Waals surface area contributed by atoms with Crippen LogP contribution >= 0.6 is 11.8 Å². The first kappa shape index (κ1) is 34.1. The zero-order valence-corrected chi connectivity index (χ0v) is 26.2. The van der Waals surface area contributed by atoms with E-state index >= 15 is 0 Å². The first-order valence-electron chi connectivity index (χ1n) is 14.8. The molecule has 4 rings (SSSR count). The maximum atomic E-state index is 13.7. The van der Waals surface area contributed by atoms with Crippen LogP contribution in [-0.4, -0.2) is 80.8 Å². The zero-order valence-electron chi connectivity index (χ0n) is 25.4. The molecule has 2 aromatic heterocycles. The van der Waals surface area contributed by atoms with E-state index in [-0.39, 0.29) is 32.1 Å². The quantitative estimate of drug-likeness (QED) is 0.0830. The van der Waals surface area contributed by atoms with Crippen molar-refractivity contribution in [2.75, 3.05) is 12.0 Å². The molecule has 244 valence electrons. The number of carbonyl (C=O) groups excluding carboxylic acids is 4. The van der Waals surface area contributed by atoms with Gasteiger partial charge in [-0.1, -0.05) is 36.4 Å². The van der Waals surface area contributed by atoms with Crippen molar-refractivity contribution in [3.05, 3.63) is 72.1 Å². The fourth-order valence-corrected chi connectivity index (χ4v) is 5.70. The number of hydrogen-bond acceptors (Lipinski definition) is 7. The number of hydrogen-bond donors (Lipinski definition) is 8. The van der Waals surface area contributed by atoms with Gasteiger partial charge in [0.05, 0.1) is 6.04 Å². The molecule has 4 aromatic rings. The van der Waals surface area contributed by atoms with Crippen molar-refractivity contribution in [3.8, 4) is 0 Å². The van der Waals surface area contributed by atoms with Crippen molar-refractivity contribution in [1.29, 1.82) is 0 Å². The molecule has 0 saturated heterocycles. The Hall–Kier alpha value is -4.82.